The van der Waals surface area contributed by atoms with Gasteiger partial charge in [-0.1, -0.05) is 123 Å². The van der Waals surface area contributed by atoms with Crippen molar-refractivity contribution in [2.75, 3.05) is 46.8 Å². The van der Waals surface area contributed by atoms with E-state index in [1.165, 1.54) is 59.1 Å². The van der Waals surface area contributed by atoms with Crippen molar-refractivity contribution < 1.29 is 106 Å². The summed E-state index contributed by atoms with van der Waals surface area (Å²) in [5.74, 6) is -12.0. The molecule has 492 valence electrons. The summed E-state index contributed by atoms with van der Waals surface area (Å²) in [6, 6.07) is 29.0. The molecule has 4 aromatic rings. The zero-order valence-electron chi connectivity index (χ0n) is 52.3. The first-order valence-corrected chi connectivity index (χ1v) is 30.2. The van der Waals surface area contributed by atoms with Gasteiger partial charge in [0.15, 0.2) is 17.5 Å². The lowest BCUT2D eigenvalue weighted by Crippen LogP contribution is -2.82. The van der Waals surface area contributed by atoms with Gasteiger partial charge in [-0.2, -0.15) is 0 Å². The van der Waals surface area contributed by atoms with Gasteiger partial charge in [0, 0.05) is 45.6 Å². The zero-order valence-corrected chi connectivity index (χ0v) is 52.3. The van der Waals surface area contributed by atoms with Crippen LogP contribution in [0, 0.1) is 16.7 Å². The van der Waals surface area contributed by atoms with E-state index in [0.29, 0.717) is 17.7 Å². The van der Waals surface area contributed by atoms with Crippen molar-refractivity contribution in [3.63, 3.8) is 0 Å². The molecule has 3 fully saturated rings. The number of hydrogen-bond donors (Lipinski definition) is 4. The van der Waals surface area contributed by atoms with Gasteiger partial charge in [-0.05, 0) is 60.2 Å². The molecule has 1 aliphatic heterocycles. The highest BCUT2D eigenvalue weighted by molar-refractivity contribution is 5.96. The molecule has 2 amide bonds. The minimum atomic E-state index is -2.63. The molecule has 0 aromatic heterocycles. The molecule has 0 spiro atoms. The monoisotopic (exact) mass is 1270 g/mol. The number of aliphatic carboxylic acids is 1. The molecule has 0 radical (unpaired) electrons. The molecule has 4 N–H and O–H groups in total. The van der Waals surface area contributed by atoms with Gasteiger partial charge in [0.1, 0.15) is 48.7 Å². The third kappa shape index (κ3) is 15.4. The third-order valence-corrected chi connectivity index (χ3v) is 17.7. The number of carbonyl (C=O) groups is 10. The summed E-state index contributed by atoms with van der Waals surface area (Å²) < 4.78 is 60.0. The SMILES string of the molecule is COCCOCCOCC(=O)N[C@H](CCC(=O)O)C(=O)N[C@@H](c1ccccc1)[C@@H](OC(=O)Cc1ccccc1)C(=O)O[C@H]1C[C@@]2(O)[C@@H](OC(=O)c3ccccc3)[C@@H]3[C@]4(OC(C)=O)CO[C@@H]4C[C@H](OC(=O)Cc4ccccc4)[C@@]3(C)C(=O)[C@H](OC(C)=O)C(=C1C)C2(C)C. The summed E-state index contributed by atoms with van der Waals surface area (Å²) in [6.45, 7) is 7.68. The van der Waals surface area contributed by atoms with Crippen molar-refractivity contribution in [2.45, 2.75) is 140 Å². The van der Waals surface area contributed by atoms with E-state index in [0.717, 1.165) is 13.8 Å². The van der Waals surface area contributed by atoms with Crippen molar-refractivity contribution in [3.05, 3.63) is 155 Å². The number of hydrogen-bond acceptors (Lipinski definition) is 21. The Labute approximate surface area is 531 Å². The maximum Gasteiger partial charge on any atom is 0.350 e. The van der Waals surface area contributed by atoms with Crippen molar-refractivity contribution in [1.29, 1.82) is 0 Å². The Morgan fingerprint density at radius 3 is 1.87 bits per heavy atom. The van der Waals surface area contributed by atoms with Crippen LogP contribution in [0.1, 0.15) is 100 Å². The largest absolute Gasteiger partial charge is 0.481 e. The first-order chi connectivity index (χ1) is 43.8. The van der Waals surface area contributed by atoms with Gasteiger partial charge < -0.3 is 68.2 Å². The number of fused-ring (bicyclic) bond motifs is 5. The van der Waals surface area contributed by atoms with E-state index in [9.17, 15) is 48.6 Å². The summed E-state index contributed by atoms with van der Waals surface area (Å²) in [4.78, 5) is 143. The van der Waals surface area contributed by atoms with Gasteiger partial charge in [-0.25, -0.2) is 9.59 Å². The van der Waals surface area contributed by atoms with Crippen molar-refractivity contribution >= 4 is 59.4 Å². The average Bonchev–Trinajstić information content (AvgIpc) is 0.669. The fourth-order valence-electron chi connectivity index (χ4n) is 13.1. The molecular formula is C68H78N2O22. The Kier molecular flexibility index (Phi) is 22.7. The summed E-state index contributed by atoms with van der Waals surface area (Å²) >= 11 is 0. The standard InChI is InChI=1S/C68H78N2O22/c1-40-48(88-64(81)58(90-54(77)35-44-22-14-9-15-23-44)56(45-24-16-10-17-25-45)70-62(79)47(28-29-52(74)75)69-51(73)38-85-33-32-84-31-30-83-7)37-68(82)61(91-63(80)46-26-18-11-19-27-46)59-66(6,60(78)57(87-41(2)71)55(40)65(68,4)5)49(36-50-67(59,39-86-50)92-42(3)72)89-53(76)34-43-20-12-8-13-21-43/h8-27,47-50,56-59,61,82H,28-39H2,1-7H3,(H,69,73)(H,70,79)(H,74,75)/t47-,48+,49+,50-,56+,57-,58-,59+,61+,66-,67+,68-/m1/s1. The van der Waals surface area contributed by atoms with Gasteiger partial charge >= 0.3 is 41.8 Å². The van der Waals surface area contributed by atoms with Crippen LogP contribution in [-0.4, -0.2) is 170 Å². The first kappa shape index (κ1) is 69.2. The first-order valence-electron chi connectivity index (χ1n) is 30.2. The van der Waals surface area contributed by atoms with E-state index in [2.05, 4.69) is 10.6 Å². The van der Waals surface area contributed by atoms with Gasteiger partial charge in [0.2, 0.25) is 17.9 Å². The third-order valence-electron chi connectivity index (χ3n) is 17.7. The fourth-order valence-corrected chi connectivity index (χ4v) is 13.1. The lowest BCUT2D eigenvalue weighted by atomic mass is 9.44. The smallest absolute Gasteiger partial charge is 0.350 e. The summed E-state index contributed by atoms with van der Waals surface area (Å²) in [5.41, 5.74) is -7.70. The second-order valence-electron chi connectivity index (χ2n) is 24.0. The molecular weight excluding hydrogens is 1200 g/mol. The van der Waals surface area contributed by atoms with E-state index in [1.807, 2.05) is 0 Å². The van der Waals surface area contributed by atoms with Crippen molar-refractivity contribution in [2.24, 2.45) is 16.7 Å². The molecule has 24 heteroatoms. The molecule has 4 aliphatic rings. The Morgan fingerprint density at radius 2 is 1.29 bits per heavy atom. The molecule has 12 atom stereocenters. The number of ketones is 1. The van der Waals surface area contributed by atoms with Crippen LogP contribution in [0.3, 0.4) is 0 Å². The van der Waals surface area contributed by atoms with Crippen LogP contribution in [0.25, 0.3) is 0 Å². The number of amides is 2. The lowest BCUT2D eigenvalue weighted by Gasteiger charge is -2.67. The molecule has 0 unspecified atom stereocenters. The average molecular weight is 1280 g/mol. The van der Waals surface area contributed by atoms with Crippen LogP contribution in [0.2, 0.25) is 0 Å². The van der Waals surface area contributed by atoms with Crippen LogP contribution in [-0.2, 0) is 103 Å². The molecule has 1 saturated heterocycles. The predicted octanol–water partition coefficient (Wildman–Crippen LogP) is 5.04. The van der Waals surface area contributed by atoms with Gasteiger partial charge in [-0.3, -0.25) is 38.4 Å². The number of nitrogens with one attached hydrogen (secondary N) is 2. The van der Waals surface area contributed by atoms with E-state index < -0.39 is 175 Å². The second-order valence-corrected chi connectivity index (χ2v) is 24.0. The molecule has 24 nitrogen and oxygen atoms in total. The predicted molar refractivity (Wildman–Crippen MR) is 322 cm³/mol. The number of carboxylic acids is 1. The minimum Gasteiger partial charge on any atom is -0.481 e. The number of benzene rings is 4. The molecule has 3 aliphatic carbocycles. The van der Waals surface area contributed by atoms with Gasteiger partial charge in [0.05, 0.1) is 62.8 Å². The van der Waals surface area contributed by atoms with Crippen LogP contribution in [0.15, 0.2) is 132 Å². The van der Waals surface area contributed by atoms with Crippen molar-refractivity contribution in [1.82, 2.24) is 10.6 Å². The topological polar surface area (TPSA) is 328 Å². The molecule has 2 bridgehead atoms. The zero-order chi connectivity index (χ0) is 66.5. The number of rotatable bonds is 28. The number of ether oxygens (including phenoxy) is 10. The highest BCUT2D eigenvalue weighted by atomic mass is 16.6. The summed E-state index contributed by atoms with van der Waals surface area (Å²) in [7, 11) is 1.50. The van der Waals surface area contributed by atoms with Gasteiger partial charge in [0.25, 0.3) is 0 Å². The summed E-state index contributed by atoms with van der Waals surface area (Å²) in [6.07, 6.45) is -13.5. The Balaban J connectivity index is 1.27. The molecule has 2 saturated carbocycles. The van der Waals surface area contributed by atoms with Crippen molar-refractivity contribution in [3.8, 4) is 0 Å². The number of methoxy groups -OCH3 is 1. The summed E-state index contributed by atoms with van der Waals surface area (Å²) in [5, 5.41) is 29.4. The normalized spacial score (nSPS) is 25.4. The van der Waals surface area contributed by atoms with Crippen LogP contribution in [0.4, 0.5) is 0 Å². The Hall–Kier alpha value is -8.68. The number of carboxylic acid groups (broad SMARTS) is 1. The quantitative estimate of drug-likeness (QED) is 0.0250. The number of carbonyl (C=O) groups excluding carboxylic acids is 9. The van der Waals surface area contributed by atoms with Crippen LogP contribution < -0.4 is 10.6 Å². The second kappa shape index (κ2) is 30.2. The number of esters is 6. The minimum absolute atomic E-state index is 0.0191. The highest BCUT2D eigenvalue weighted by Crippen LogP contribution is 2.65. The highest BCUT2D eigenvalue weighted by Gasteiger charge is 2.79. The maximum absolute atomic E-state index is 16.6. The maximum atomic E-state index is 16.6. The Morgan fingerprint density at radius 1 is 0.707 bits per heavy atom. The number of aliphatic hydroxyl groups is 1. The van der Waals surface area contributed by atoms with Gasteiger partial charge in [-0.15, -0.1) is 0 Å². The molecule has 4 aromatic carbocycles. The molecule has 8 rings (SSSR count). The Bertz CT molecular complexity index is 3360. The van der Waals surface area contributed by atoms with Crippen LogP contribution >= 0.6 is 0 Å². The van der Waals surface area contributed by atoms with E-state index >= 15 is 9.59 Å². The van der Waals surface area contributed by atoms with E-state index in [-0.39, 0.29) is 54.9 Å². The van der Waals surface area contributed by atoms with E-state index in [4.69, 9.17) is 47.4 Å². The lowest BCUT2D eigenvalue weighted by molar-refractivity contribution is -0.346. The fraction of sp³-hybridized carbons (Fsp3) is 0.471. The van der Waals surface area contributed by atoms with E-state index in [1.54, 1.807) is 97.1 Å². The van der Waals surface area contributed by atoms with Crippen LogP contribution in [0.5, 0.6) is 0 Å². The molecule has 1 heterocycles. The molecule has 92 heavy (non-hydrogen) atoms. The number of Topliss-reactive ketones (excluding diaryl/α,β-unsaturated/α-hetero) is 1.